The SMILES string of the molecule is O=C(Nc1ccc(NC(=O)c2cccc(Br)c2)cc1)c1cccnc1. The second kappa shape index (κ2) is 7.72. The molecule has 3 aromatic rings. The Hall–Kier alpha value is -2.99. The molecule has 1 aromatic heterocycles. The lowest BCUT2D eigenvalue weighted by Crippen LogP contribution is -2.13. The van der Waals surface area contributed by atoms with Crippen LogP contribution in [0, 0.1) is 0 Å². The summed E-state index contributed by atoms with van der Waals surface area (Å²) < 4.78 is 0.841. The van der Waals surface area contributed by atoms with Gasteiger partial charge in [0.15, 0.2) is 0 Å². The third kappa shape index (κ3) is 4.51. The second-order valence-electron chi connectivity index (χ2n) is 5.24. The van der Waals surface area contributed by atoms with E-state index >= 15 is 0 Å². The Morgan fingerprint density at radius 1 is 0.800 bits per heavy atom. The molecule has 2 N–H and O–H groups in total. The second-order valence-corrected chi connectivity index (χ2v) is 6.15. The number of hydrogen-bond acceptors (Lipinski definition) is 3. The monoisotopic (exact) mass is 395 g/mol. The van der Waals surface area contributed by atoms with Crippen LogP contribution in [0.3, 0.4) is 0 Å². The Kier molecular flexibility index (Phi) is 5.20. The minimum absolute atomic E-state index is 0.201. The van der Waals surface area contributed by atoms with Gasteiger partial charge in [0.05, 0.1) is 5.56 Å². The van der Waals surface area contributed by atoms with E-state index in [4.69, 9.17) is 0 Å². The molecule has 0 radical (unpaired) electrons. The highest BCUT2D eigenvalue weighted by atomic mass is 79.9. The van der Waals surface area contributed by atoms with Gasteiger partial charge in [-0.3, -0.25) is 14.6 Å². The van der Waals surface area contributed by atoms with Gasteiger partial charge in [0.1, 0.15) is 0 Å². The summed E-state index contributed by atoms with van der Waals surface area (Å²) in [5.74, 6) is -0.438. The largest absolute Gasteiger partial charge is 0.322 e. The van der Waals surface area contributed by atoms with Gasteiger partial charge < -0.3 is 10.6 Å². The summed E-state index contributed by atoms with van der Waals surface area (Å²) in [6.45, 7) is 0. The Morgan fingerprint density at radius 3 is 1.96 bits per heavy atom. The van der Waals surface area contributed by atoms with E-state index in [2.05, 4.69) is 31.5 Å². The van der Waals surface area contributed by atoms with Crippen molar-refractivity contribution in [2.45, 2.75) is 0 Å². The summed E-state index contributed by atoms with van der Waals surface area (Å²) in [4.78, 5) is 28.2. The van der Waals surface area contributed by atoms with Crippen molar-refractivity contribution >= 4 is 39.1 Å². The molecule has 0 atom stereocenters. The minimum Gasteiger partial charge on any atom is -0.322 e. The number of halogens is 1. The highest BCUT2D eigenvalue weighted by Crippen LogP contribution is 2.17. The van der Waals surface area contributed by atoms with E-state index in [0.29, 0.717) is 22.5 Å². The number of rotatable bonds is 4. The molecular weight excluding hydrogens is 382 g/mol. The molecule has 3 rings (SSSR count). The van der Waals surface area contributed by atoms with Gasteiger partial charge in [0.25, 0.3) is 11.8 Å². The predicted molar refractivity (Wildman–Crippen MR) is 101 cm³/mol. The molecule has 1 heterocycles. The van der Waals surface area contributed by atoms with Crippen LogP contribution >= 0.6 is 15.9 Å². The highest BCUT2D eigenvalue weighted by Gasteiger charge is 2.08. The van der Waals surface area contributed by atoms with E-state index in [1.807, 2.05) is 6.07 Å². The first-order valence-corrected chi connectivity index (χ1v) is 8.29. The van der Waals surface area contributed by atoms with Crippen molar-refractivity contribution in [3.8, 4) is 0 Å². The Labute approximate surface area is 153 Å². The molecule has 5 nitrogen and oxygen atoms in total. The molecule has 0 aliphatic heterocycles. The lowest BCUT2D eigenvalue weighted by atomic mass is 10.2. The fourth-order valence-corrected chi connectivity index (χ4v) is 2.57. The molecule has 0 spiro atoms. The standard InChI is InChI=1S/C19H14BrN3O2/c20-15-5-1-3-13(11-15)18(24)22-16-6-8-17(9-7-16)23-19(25)14-4-2-10-21-12-14/h1-12H,(H,22,24)(H,23,25). The van der Waals surface area contributed by atoms with Gasteiger partial charge in [-0.25, -0.2) is 0 Å². The van der Waals surface area contributed by atoms with Gasteiger partial charge in [0, 0.05) is 33.8 Å². The fraction of sp³-hybridized carbons (Fsp3) is 0. The molecule has 0 saturated heterocycles. The van der Waals surface area contributed by atoms with Gasteiger partial charge in [0.2, 0.25) is 0 Å². The van der Waals surface area contributed by atoms with Gasteiger partial charge in [-0.1, -0.05) is 22.0 Å². The van der Waals surface area contributed by atoms with Crippen molar-refractivity contribution in [3.05, 3.63) is 88.7 Å². The lowest BCUT2D eigenvalue weighted by molar-refractivity contribution is 0.101. The topological polar surface area (TPSA) is 71.1 Å². The van der Waals surface area contributed by atoms with Crippen LogP contribution in [0.15, 0.2) is 77.5 Å². The highest BCUT2D eigenvalue weighted by molar-refractivity contribution is 9.10. The van der Waals surface area contributed by atoms with Crippen molar-refractivity contribution in [2.24, 2.45) is 0 Å². The number of carbonyl (C=O) groups is 2. The summed E-state index contributed by atoms with van der Waals surface area (Å²) in [5.41, 5.74) is 2.32. The van der Waals surface area contributed by atoms with E-state index < -0.39 is 0 Å². The fourth-order valence-electron chi connectivity index (χ4n) is 2.17. The number of amides is 2. The van der Waals surface area contributed by atoms with E-state index in [-0.39, 0.29) is 11.8 Å². The summed E-state index contributed by atoms with van der Waals surface area (Å²) in [7, 11) is 0. The number of nitrogens with zero attached hydrogens (tertiary/aromatic N) is 1. The molecule has 0 unspecified atom stereocenters. The first-order valence-electron chi connectivity index (χ1n) is 7.50. The zero-order valence-electron chi connectivity index (χ0n) is 13.1. The summed E-state index contributed by atoms with van der Waals surface area (Å²) >= 11 is 3.34. The lowest BCUT2D eigenvalue weighted by Gasteiger charge is -2.08. The van der Waals surface area contributed by atoms with E-state index in [0.717, 1.165) is 4.47 Å². The molecule has 0 fully saturated rings. The third-order valence-electron chi connectivity index (χ3n) is 3.41. The van der Waals surface area contributed by atoms with Crippen LogP contribution in [0.4, 0.5) is 11.4 Å². The quantitative estimate of drug-likeness (QED) is 0.689. The van der Waals surface area contributed by atoms with E-state index in [1.165, 1.54) is 6.20 Å². The smallest absolute Gasteiger partial charge is 0.257 e. The maximum atomic E-state index is 12.2. The van der Waals surface area contributed by atoms with Crippen LogP contribution < -0.4 is 10.6 Å². The number of nitrogens with one attached hydrogen (secondary N) is 2. The number of anilines is 2. The first-order chi connectivity index (χ1) is 12.1. The van der Waals surface area contributed by atoms with Gasteiger partial charge in [-0.2, -0.15) is 0 Å². The zero-order chi connectivity index (χ0) is 17.6. The summed E-state index contributed by atoms with van der Waals surface area (Å²) in [5, 5.41) is 5.60. The summed E-state index contributed by atoms with van der Waals surface area (Å²) in [6.07, 6.45) is 3.11. The summed E-state index contributed by atoms with van der Waals surface area (Å²) in [6, 6.07) is 17.5. The van der Waals surface area contributed by atoms with Crippen molar-refractivity contribution < 1.29 is 9.59 Å². The maximum absolute atomic E-state index is 12.2. The van der Waals surface area contributed by atoms with Crippen LogP contribution in [-0.4, -0.2) is 16.8 Å². The van der Waals surface area contributed by atoms with E-state index in [9.17, 15) is 9.59 Å². The normalized spacial score (nSPS) is 10.1. The molecule has 0 aliphatic carbocycles. The molecule has 0 aliphatic rings. The molecule has 0 saturated carbocycles. The molecule has 124 valence electrons. The minimum atomic E-state index is -0.237. The molecule has 2 amide bonds. The number of hydrogen-bond donors (Lipinski definition) is 2. The van der Waals surface area contributed by atoms with E-state index in [1.54, 1.807) is 60.8 Å². The van der Waals surface area contributed by atoms with Crippen molar-refractivity contribution in [1.82, 2.24) is 4.98 Å². The molecule has 2 aromatic carbocycles. The average molecular weight is 396 g/mol. The maximum Gasteiger partial charge on any atom is 0.257 e. The first kappa shape index (κ1) is 16.9. The van der Waals surface area contributed by atoms with Crippen LogP contribution in [-0.2, 0) is 0 Å². The van der Waals surface area contributed by atoms with Crippen LogP contribution in [0.5, 0.6) is 0 Å². The number of carbonyl (C=O) groups excluding carboxylic acids is 2. The van der Waals surface area contributed by atoms with Gasteiger partial charge in [-0.05, 0) is 54.6 Å². The van der Waals surface area contributed by atoms with Crippen LogP contribution in [0.2, 0.25) is 0 Å². The molecule has 0 bridgehead atoms. The predicted octanol–water partition coefficient (Wildman–Crippen LogP) is 4.35. The third-order valence-corrected chi connectivity index (χ3v) is 3.90. The number of pyridine rings is 1. The Morgan fingerprint density at radius 2 is 1.40 bits per heavy atom. The van der Waals surface area contributed by atoms with Gasteiger partial charge >= 0.3 is 0 Å². The Bertz CT molecular complexity index is 896. The molecule has 6 heteroatoms. The molecular formula is C19H14BrN3O2. The zero-order valence-corrected chi connectivity index (χ0v) is 14.7. The number of aromatic nitrogens is 1. The van der Waals surface area contributed by atoms with Crippen LogP contribution in [0.25, 0.3) is 0 Å². The average Bonchev–Trinajstić information content (AvgIpc) is 2.64. The van der Waals surface area contributed by atoms with Crippen molar-refractivity contribution in [3.63, 3.8) is 0 Å². The van der Waals surface area contributed by atoms with Gasteiger partial charge in [-0.15, -0.1) is 0 Å². The Balaban J connectivity index is 1.64. The van der Waals surface area contributed by atoms with Crippen molar-refractivity contribution in [2.75, 3.05) is 10.6 Å². The van der Waals surface area contributed by atoms with Crippen LogP contribution in [0.1, 0.15) is 20.7 Å². The number of benzene rings is 2. The molecule has 25 heavy (non-hydrogen) atoms. The van der Waals surface area contributed by atoms with Crippen molar-refractivity contribution in [1.29, 1.82) is 0 Å².